The van der Waals surface area contributed by atoms with Crippen molar-refractivity contribution < 1.29 is 27.5 Å². The number of sulfonamides is 1. The topological polar surface area (TPSA) is 131 Å². The van der Waals surface area contributed by atoms with Crippen molar-refractivity contribution in [3.63, 3.8) is 0 Å². The highest BCUT2D eigenvalue weighted by Gasteiger charge is 2.24. The van der Waals surface area contributed by atoms with Gasteiger partial charge >= 0.3 is 12.0 Å². The number of ether oxygens (including phenoxy) is 1. The molecule has 0 saturated heterocycles. The molecule has 0 aliphatic heterocycles. The van der Waals surface area contributed by atoms with E-state index in [0.717, 1.165) is 12.8 Å². The maximum Gasteiger partial charge on any atom is 0.321 e. The zero-order valence-electron chi connectivity index (χ0n) is 13.4. The number of urea groups is 1. The lowest BCUT2D eigenvalue weighted by molar-refractivity contribution is -0.148. The van der Waals surface area contributed by atoms with Crippen LogP contribution in [0.25, 0.3) is 0 Å². The predicted molar refractivity (Wildman–Crippen MR) is 86.9 cm³/mol. The number of rotatable bonds is 8. The number of amides is 3. The van der Waals surface area contributed by atoms with Crippen molar-refractivity contribution in [3.8, 4) is 0 Å². The fourth-order valence-electron chi connectivity index (χ4n) is 1.80. The van der Waals surface area contributed by atoms with Gasteiger partial charge in [0, 0.05) is 12.6 Å². The molecule has 136 valence electrons. The Morgan fingerprint density at radius 2 is 1.80 bits per heavy atom. The van der Waals surface area contributed by atoms with Crippen LogP contribution in [0.1, 0.15) is 19.3 Å². The van der Waals surface area contributed by atoms with E-state index in [1.54, 1.807) is 18.2 Å². The Hall–Kier alpha value is -2.46. The van der Waals surface area contributed by atoms with Crippen LogP contribution in [-0.2, 0) is 24.3 Å². The Labute approximate surface area is 145 Å². The molecule has 0 unspecified atom stereocenters. The first-order valence-corrected chi connectivity index (χ1v) is 9.16. The van der Waals surface area contributed by atoms with Crippen molar-refractivity contribution in [1.82, 2.24) is 15.4 Å². The van der Waals surface area contributed by atoms with Gasteiger partial charge in [-0.3, -0.25) is 14.9 Å². The van der Waals surface area contributed by atoms with E-state index in [0.29, 0.717) is 0 Å². The molecule has 0 heterocycles. The van der Waals surface area contributed by atoms with Crippen LogP contribution in [0.4, 0.5) is 4.79 Å². The van der Waals surface area contributed by atoms with Crippen LogP contribution in [0, 0.1) is 0 Å². The molecule has 1 aromatic rings. The second-order valence-corrected chi connectivity index (χ2v) is 7.18. The number of carbonyl (C=O) groups excluding carboxylic acids is 3. The Morgan fingerprint density at radius 3 is 2.44 bits per heavy atom. The monoisotopic (exact) mass is 369 g/mol. The van der Waals surface area contributed by atoms with E-state index in [9.17, 15) is 22.8 Å². The minimum atomic E-state index is -3.70. The molecule has 9 nitrogen and oxygen atoms in total. The van der Waals surface area contributed by atoms with Gasteiger partial charge in [0.25, 0.3) is 5.91 Å². The molecule has 1 aliphatic rings. The average Bonchev–Trinajstić information content (AvgIpc) is 3.37. The number of imide groups is 1. The van der Waals surface area contributed by atoms with Gasteiger partial charge in [-0.25, -0.2) is 17.9 Å². The zero-order valence-corrected chi connectivity index (χ0v) is 14.2. The summed E-state index contributed by atoms with van der Waals surface area (Å²) < 4.78 is 30.8. The Bertz CT molecular complexity index is 731. The van der Waals surface area contributed by atoms with Crippen LogP contribution in [-0.4, -0.2) is 45.5 Å². The van der Waals surface area contributed by atoms with E-state index in [2.05, 4.69) is 14.8 Å². The van der Waals surface area contributed by atoms with Gasteiger partial charge in [-0.05, 0) is 25.0 Å². The van der Waals surface area contributed by atoms with Gasteiger partial charge in [-0.1, -0.05) is 18.2 Å². The minimum absolute atomic E-state index is 0.0874. The van der Waals surface area contributed by atoms with E-state index >= 15 is 0 Å². The highest BCUT2D eigenvalue weighted by molar-refractivity contribution is 7.89. The molecule has 1 saturated carbocycles. The lowest BCUT2D eigenvalue weighted by Crippen LogP contribution is -2.42. The van der Waals surface area contributed by atoms with Crippen LogP contribution >= 0.6 is 0 Å². The summed E-state index contributed by atoms with van der Waals surface area (Å²) in [5.41, 5.74) is 0. The Balaban J connectivity index is 1.63. The number of hydrogen-bond acceptors (Lipinski definition) is 6. The molecule has 1 aromatic carbocycles. The molecule has 25 heavy (non-hydrogen) atoms. The van der Waals surface area contributed by atoms with Crippen LogP contribution in [0.5, 0.6) is 0 Å². The van der Waals surface area contributed by atoms with E-state index in [1.165, 1.54) is 12.1 Å². The second-order valence-electron chi connectivity index (χ2n) is 5.42. The van der Waals surface area contributed by atoms with Gasteiger partial charge in [-0.15, -0.1) is 0 Å². The van der Waals surface area contributed by atoms with Crippen molar-refractivity contribution in [2.24, 2.45) is 0 Å². The zero-order chi connectivity index (χ0) is 18.3. The first kappa shape index (κ1) is 18.9. The summed E-state index contributed by atoms with van der Waals surface area (Å²) in [5, 5.41) is 4.58. The smallest absolute Gasteiger partial charge is 0.321 e. The number of esters is 1. The van der Waals surface area contributed by atoms with E-state index in [1.807, 2.05) is 5.32 Å². The molecule has 10 heteroatoms. The van der Waals surface area contributed by atoms with Crippen LogP contribution in [0.15, 0.2) is 35.2 Å². The molecule has 1 fully saturated rings. The van der Waals surface area contributed by atoms with E-state index in [-0.39, 0.29) is 23.9 Å². The fraction of sp³-hybridized carbons (Fsp3) is 0.400. The molecule has 3 amide bonds. The molecule has 3 N–H and O–H groups in total. The number of benzene rings is 1. The molecule has 0 bridgehead atoms. The third-order valence-electron chi connectivity index (χ3n) is 3.20. The lowest BCUT2D eigenvalue weighted by Gasteiger charge is -2.08. The largest absolute Gasteiger partial charge is 0.456 e. The molecule has 0 radical (unpaired) electrons. The van der Waals surface area contributed by atoms with Gasteiger partial charge in [0.2, 0.25) is 10.0 Å². The van der Waals surface area contributed by atoms with Gasteiger partial charge < -0.3 is 10.1 Å². The quantitative estimate of drug-likeness (QED) is 0.548. The summed E-state index contributed by atoms with van der Waals surface area (Å²) in [4.78, 5) is 34.3. The molecule has 1 aliphatic carbocycles. The average molecular weight is 369 g/mol. The Morgan fingerprint density at radius 1 is 1.12 bits per heavy atom. The van der Waals surface area contributed by atoms with Crippen LogP contribution in [0.3, 0.4) is 0 Å². The molecule has 0 atom stereocenters. The predicted octanol–water partition coefficient (Wildman–Crippen LogP) is -0.114. The van der Waals surface area contributed by atoms with Gasteiger partial charge in [-0.2, -0.15) is 0 Å². The van der Waals surface area contributed by atoms with Crippen LogP contribution < -0.4 is 15.4 Å². The first-order chi connectivity index (χ1) is 11.9. The third kappa shape index (κ3) is 6.89. The highest BCUT2D eigenvalue weighted by Crippen LogP contribution is 2.18. The fourth-order valence-corrected chi connectivity index (χ4v) is 2.85. The third-order valence-corrected chi connectivity index (χ3v) is 4.68. The number of carbonyl (C=O) groups is 3. The van der Waals surface area contributed by atoms with Crippen molar-refractivity contribution in [2.45, 2.75) is 30.2 Å². The Kier molecular flexibility index (Phi) is 6.48. The molecule has 0 spiro atoms. The van der Waals surface area contributed by atoms with Crippen molar-refractivity contribution in [1.29, 1.82) is 0 Å². The maximum absolute atomic E-state index is 11.9. The summed E-state index contributed by atoms with van der Waals surface area (Å²) in [6.45, 7) is -0.776. The van der Waals surface area contributed by atoms with Crippen LogP contribution in [0.2, 0.25) is 0 Å². The molecular weight excluding hydrogens is 350 g/mol. The van der Waals surface area contributed by atoms with Crippen molar-refractivity contribution in [2.75, 3.05) is 13.2 Å². The molecule has 0 aromatic heterocycles. The van der Waals surface area contributed by atoms with E-state index in [4.69, 9.17) is 0 Å². The SMILES string of the molecule is O=C(COC(=O)CCNS(=O)(=O)c1ccccc1)NC(=O)NC1CC1. The van der Waals surface area contributed by atoms with Gasteiger partial charge in [0.1, 0.15) is 0 Å². The van der Waals surface area contributed by atoms with Gasteiger partial charge in [0.05, 0.1) is 11.3 Å². The second kappa shape index (κ2) is 8.58. The number of nitrogens with one attached hydrogen (secondary N) is 3. The molecular formula is C15H19N3O6S. The van der Waals surface area contributed by atoms with Gasteiger partial charge in [0.15, 0.2) is 6.61 Å². The number of hydrogen-bond donors (Lipinski definition) is 3. The minimum Gasteiger partial charge on any atom is -0.456 e. The summed E-state index contributed by atoms with van der Waals surface area (Å²) >= 11 is 0. The highest BCUT2D eigenvalue weighted by atomic mass is 32.2. The van der Waals surface area contributed by atoms with Crippen molar-refractivity contribution >= 4 is 27.9 Å². The molecule has 2 rings (SSSR count). The summed E-state index contributed by atoms with van der Waals surface area (Å²) in [6.07, 6.45) is 1.53. The lowest BCUT2D eigenvalue weighted by atomic mass is 10.4. The summed E-state index contributed by atoms with van der Waals surface area (Å²) in [6, 6.07) is 7.19. The summed E-state index contributed by atoms with van der Waals surface area (Å²) in [5.74, 6) is -1.51. The normalized spacial score (nSPS) is 13.8. The van der Waals surface area contributed by atoms with Crippen molar-refractivity contribution in [3.05, 3.63) is 30.3 Å². The standard InChI is InChI=1S/C15H19N3O6S/c19-13(18-15(21)17-11-6-7-11)10-24-14(20)8-9-16-25(22,23)12-4-2-1-3-5-12/h1-5,11,16H,6-10H2,(H2,17,18,19,21). The van der Waals surface area contributed by atoms with E-state index < -0.39 is 34.5 Å². The summed E-state index contributed by atoms with van der Waals surface area (Å²) in [7, 11) is -3.70. The maximum atomic E-state index is 11.9. The first-order valence-electron chi connectivity index (χ1n) is 7.67.